The van der Waals surface area contributed by atoms with Gasteiger partial charge in [0, 0.05) is 37.5 Å². The van der Waals surface area contributed by atoms with Crippen molar-refractivity contribution >= 4 is 18.0 Å². The van der Waals surface area contributed by atoms with Gasteiger partial charge in [-0.25, -0.2) is 9.59 Å². The van der Waals surface area contributed by atoms with Gasteiger partial charge >= 0.3 is 12.1 Å². The van der Waals surface area contributed by atoms with Crippen LogP contribution in [0.5, 0.6) is 0 Å². The number of methoxy groups -OCH3 is 2. The number of likely N-dealkylation sites (tertiary alicyclic amines) is 1. The minimum atomic E-state index is -0.971. The van der Waals surface area contributed by atoms with Crippen LogP contribution < -0.4 is 5.32 Å². The van der Waals surface area contributed by atoms with Crippen LogP contribution in [0.15, 0.2) is 23.7 Å². The lowest BCUT2D eigenvalue weighted by molar-refractivity contribution is -0.133. The normalized spacial score (nSPS) is 25.7. The monoisotopic (exact) mass is 435 g/mol. The second-order valence-electron chi connectivity index (χ2n) is 9.37. The number of hydrogen-bond donors (Lipinski definition) is 1. The lowest BCUT2D eigenvalue weighted by atomic mass is 9.85. The lowest BCUT2D eigenvalue weighted by Crippen LogP contribution is -2.56. The van der Waals surface area contributed by atoms with E-state index in [1.54, 1.807) is 19.1 Å². The van der Waals surface area contributed by atoms with Gasteiger partial charge in [-0.1, -0.05) is 6.92 Å². The third-order valence-corrected chi connectivity index (χ3v) is 6.13. The maximum atomic E-state index is 13.3. The van der Waals surface area contributed by atoms with Crippen LogP contribution in [-0.2, 0) is 19.0 Å². The largest absolute Gasteiger partial charge is 0.501 e. The molecular weight excluding hydrogens is 402 g/mol. The molecule has 0 saturated carbocycles. The van der Waals surface area contributed by atoms with Crippen LogP contribution in [0, 0.1) is 11.8 Å². The summed E-state index contributed by atoms with van der Waals surface area (Å²) in [5, 5.41) is 2.89. The van der Waals surface area contributed by atoms with Crippen LogP contribution in [0.25, 0.3) is 0 Å². The third-order valence-electron chi connectivity index (χ3n) is 6.13. The second-order valence-corrected chi connectivity index (χ2v) is 9.37. The van der Waals surface area contributed by atoms with Gasteiger partial charge < -0.3 is 24.4 Å². The van der Waals surface area contributed by atoms with E-state index in [0.29, 0.717) is 31.7 Å². The van der Waals surface area contributed by atoms with Gasteiger partial charge in [-0.2, -0.15) is 0 Å². The molecule has 2 fully saturated rings. The van der Waals surface area contributed by atoms with Crippen molar-refractivity contribution < 1.29 is 28.6 Å². The van der Waals surface area contributed by atoms with Gasteiger partial charge in [-0.05, 0) is 39.7 Å². The molecule has 0 aromatic carbocycles. The van der Waals surface area contributed by atoms with E-state index >= 15 is 0 Å². The molecule has 2 heterocycles. The van der Waals surface area contributed by atoms with Gasteiger partial charge in [-0.15, -0.1) is 0 Å². The SMILES string of the molecule is COC1=CC(CN2C(=O)NC3(CCN(C(=O)OC(C)(C)C)CC3)C2=O)C(C)C(OC)=C1. The fraction of sp³-hybridized carbons (Fsp3) is 0.682. The number of amides is 4. The number of rotatable bonds is 4. The molecule has 2 saturated heterocycles. The quantitative estimate of drug-likeness (QED) is 0.682. The lowest BCUT2D eigenvalue weighted by Gasteiger charge is -2.38. The fourth-order valence-corrected chi connectivity index (χ4v) is 4.26. The Morgan fingerprint density at radius 3 is 2.39 bits per heavy atom. The summed E-state index contributed by atoms with van der Waals surface area (Å²) in [4.78, 5) is 41.2. The number of hydrogen-bond acceptors (Lipinski definition) is 6. The fourth-order valence-electron chi connectivity index (χ4n) is 4.26. The van der Waals surface area contributed by atoms with Gasteiger partial charge in [0.05, 0.1) is 14.2 Å². The van der Waals surface area contributed by atoms with Gasteiger partial charge in [-0.3, -0.25) is 9.69 Å². The van der Waals surface area contributed by atoms with Gasteiger partial charge in [0.25, 0.3) is 5.91 Å². The first-order valence-electron chi connectivity index (χ1n) is 10.6. The Labute approximate surface area is 183 Å². The maximum absolute atomic E-state index is 13.3. The molecule has 0 aromatic rings. The van der Waals surface area contributed by atoms with Crippen LogP contribution in [0.1, 0.15) is 40.5 Å². The Morgan fingerprint density at radius 2 is 1.84 bits per heavy atom. The van der Waals surface area contributed by atoms with Crippen LogP contribution in [0.3, 0.4) is 0 Å². The van der Waals surface area contributed by atoms with Gasteiger partial charge in [0.2, 0.25) is 0 Å². The minimum Gasteiger partial charge on any atom is -0.501 e. The molecule has 9 heteroatoms. The molecule has 2 aliphatic heterocycles. The molecule has 0 bridgehead atoms. The number of ether oxygens (including phenoxy) is 3. The first-order chi connectivity index (χ1) is 14.5. The van der Waals surface area contributed by atoms with Gasteiger partial charge in [0.15, 0.2) is 0 Å². The molecule has 2 atom stereocenters. The molecule has 3 rings (SSSR count). The van der Waals surface area contributed by atoms with E-state index < -0.39 is 23.3 Å². The van der Waals surface area contributed by atoms with Crippen molar-refractivity contribution in [1.82, 2.24) is 15.1 Å². The Kier molecular flexibility index (Phi) is 6.25. The van der Waals surface area contributed by atoms with Crippen molar-refractivity contribution in [3.8, 4) is 0 Å². The summed E-state index contributed by atoms with van der Waals surface area (Å²) in [5.41, 5.74) is -1.55. The van der Waals surface area contributed by atoms with Gasteiger partial charge in [0.1, 0.15) is 22.7 Å². The average molecular weight is 436 g/mol. The number of allylic oxidation sites excluding steroid dienone is 2. The number of carbonyl (C=O) groups excluding carboxylic acids is 3. The zero-order valence-electron chi connectivity index (χ0n) is 19.2. The Balaban J connectivity index is 1.67. The maximum Gasteiger partial charge on any atom is 0.410 e. The number of piperidine rings is 1. The first-order valence-corrected chi connectivity index (χ1v) is 10.6. The zero-order chi connectivity index (χ0) is 23.0. The summed E-state index contributed by atoms with van der Waals surface area (Å²) in [6.07, 6.45) is 4.06. The van der Waals surface area contributed by atoms with E-state index in [2.05, 4.69) is 5.32 Å². The van der Waals surface area contributed by atoms with Crippen molar-refractivity contribution in [3.05, 3.63) is 23.7 Å². The number of urea groups is 1. The molecule has 4 amide bonds. The second kappa shape index (κ2) is 8.43. The van der Waals surface area contributed by atoms with E-state index in [-0.39, 0.29) is 24.3 Å². The summed E-state index contributed by atoms with van der Waals surface area (Å²) in [5.74, 6) is 1.02. The smallest absolute Gasteiger partial charge is 0.410 e. The van der Waals surface area contributed by atoms with Crippen molar-refractivity contribution in [1.29, 1.82) is 0 Å². The predicted molar refractivity (Wildman–Crippen MR) is 113 cm³/mol. The third kappa shape index (κ3) is 4.65. The van der Waals surface area contributed by atoms with Crippen LogP contribution in [0.2, 0.25) is 0 Å². The topological polar surface area (TPSA) is 97.4 Å². The highest BCUT2D eigenvalue weighted by Crippen LogP contribution is 2.34. The predicted octanol–water partition coefficient (Wildman–Crippen LogP) is 2.63. The highest BCUT2D eigenvalue weighted by molar-refractivity contribution is 6.07. The van der Waals surface area contributed by atoms with Crippen molar-refractivity contribution in [3.63, 3.8) is 0 Å². The molecule has 0 aromatic heterocycles. The summed E-state index contributed by atoms with van der Waals surface area (Å²) in [6, 6.07) is -0.399. The molecule has 1 aliphatic carbocycles. The van der Waals surface area contributed by atoms with Crippen LogP contribution >= 0.6 is 0 Å². The molecule has 0 radical (unpaired) electrons. The Morgan fingerprint density at radius 1 is 1.19 bits per heavy atom. The van der Waals surface area contributed by atoms with Crippen molar-refractivity contribution in [2.24, 2.45) is 11.8 Å². The molecule has 1 spiro atoms. The molecule has 9 nitrogen and oxygen atoms in total. The minimum absolute atomic E-state index is 0.00457. The molecule has 1 N–H and O–H groups in total. The van der Waals surface area contributed by atoms with Crippen molar-refractivity contribution in [2.75, 3.05) is 33.9 Å². The molecule has 172 valence electrons. The van der Waals surface area contributed by atoms with E-state index in [4.69, 9.17) is 14.2 Å². The van der Waals surface area contributed by atoms with E-state index in [1.807, 2.05) is 39.8 Å². The van der Waals surface area contributed by atoms with Crippen LogP contribution in [0.4, 0.5) is 9.59 Å². The molecular formula is C22H33N3O6. The molecule has 31 heavy (non-hydrogen) atoms. The number of nitrogens with one attached hydrogen (secondary N) is 1. The van der Waals surface area contributed by atoms with E-state index in [0.717, 1.165) is 5.76 Å². The van der Waals surface area contributed by atoms with Crippen molar-refractivity contribution in [2.45, 2.75) is 51.7 Å². The zero-order valence-corrected chi connectivity index (χ0v) is 19.2. The Hall–Kier alpha value is -2.71. The van der Waals surface area contributed by atoms with E-state index in [9.17, 15) is 14.4 Å². The average Bonchev–Trinajstić information content (AvgIpc) is 2.92. The van der Waals surface area contributed by atoms with E-state index in [1.165, 1.54) is 4.90 Å². The number of imide groups is 1. The summed E-state index contributed by atoms with van der Waals surface area (Å²) in [7, 11) is 3.17. The molecule has 2 unspecified atom stereocenters. The summed E-state index contributed by atoms with van der Waals surface area (Å²) in [6.45, 7) is 8.36. The summed E-state index contributed by atoms with van der Waals surface area (Å²) < 4.78 is 16.2. The Bertz CT molecular complexity index is 805. The highest BCUT2D eigenvalue weighted by atomic mass is 16.6. The summed E-state index contributed by atoms with van der Waals surface area (Å²) >= 11 is 0. The standard InChI is InChI=1S/C22H33N3O6/c1-14-15(11-16(29-5)12-17(14)30-6)13-25-18(26)22(23-19(25)27)7-9-24(10-8-22)20(28)31-21(2,3)4/h11-12,14-15H,7-10,13H2,1-6H3,(H,23,27). The highest BCUT2D eigenvalue weighted by Gasteiger charge is 2.53. The number of carbonyl (C=O) groups is 3. The number of nitrogens with zero attached hydrogens (tertiary/aromatic N) is 2. The van der Waals surface area contributed by atoms with Crippen LogP contribution in [-0.4, -0.2) is 72.8 Å². The first kappa shape index (κ1) is 23.0. The molecule has 3 aliphatic rings.